The van der Waals surface area contributed by atoms with Crippen LogP contribution in [0.15, 0.2) is 22.6 Å². The van der Waals surface area contributed by atoms with Crippen LogP contribution in [0.1, 0.15) is 32.1 Å². The third-order valence-corrected chi connectivity index (χ3v) is 5.81. The molecule has 27 heavy (non-hydrogen) atoms. The summed E-state index contributed by atoms with van der Waals surface area (Å²) in [5.74, 6) is 1.19. The van der Waals surface area contributed by atoms with E-state index in [1.807, 2.05) is 37.2 Å². The normalized spacial score (nSPS) is 26.6. The largest absolute Gasteiger partial charge is 0.423 e. The van der Waals surface area contributed by atoms with Crippen molar-refractivity contribution in [3.8, 4) is 0 Å². The standard InChI is InChI=1S/C19H26N4O2.2ClH/c1-23(2)19-22-15-10-14(6-7-16(15)25-19)21-18(24)13-8-11-4-3-5-12(9-13)17(11)20;;/h6-7,10-13,17H,3-5,8-9,20H2,1-2H3,(H,21,24);2*1H. The predicted molar refractivity (Wildman–Crippen MR) is 113 cm³/mol. The maximum Gasteiger partial charge on any atom is 0.297 e. The molecule has 8 heteroatoms. The summed E-state index contributed by atoms with van der Waals surface area (Å²) >= 11 is 0. The number of aromatic nitrogens is 1. The Labute approximate surface area is 172 Å². The van der Waals surface area contributed by atoms with E-state index < -0.39 is 0 Å². The van der Waals surface area contributed by atoms with Crippen molar-refractivity contribution in [2.45, 2.75) is 38.1 Å². The van der Waals surface area contributed by atoms with Gasteiger partial charge in [0.2, 0.25) is 5.91 Å². The molecule has 0 aliphatic heterocycles. The fourth-order valence-corrected chi connectivity index (χ4v) is 4.43. The molecule has 2 bridgehead atoms. The number of carbonyl (C=O) groups is 1. The van der Waals surface area contributed by atoms with Gasteiger partial charge in [0.15, 0.2) is 5.58 Å². The number of carbonyl (C=O) groups excluding carboxylic acids is 1. The van der Waals surface area contributed by atoms with Gasteiger partial charge in [-0.2, -0.15) is 4.98 Å². The topological polar surface area (TPSA) is 84.4 Å². The van der Waals surface area contributed by atoms with Crippen molar-refractivity contribution in [1.82, 2.24) is 4.98 Å². The molecule has 2 aliphatic rings. The first-order valence-electron chi connectivity index (χ1n) is 9.15. The summed E-state index contributed by atoms with van der Waals surface area (Å²) in [6, 6.07) is 6.46. The number of anilines is 2. The maximum absolute atomic E-state index is 12.8. The maximum atomic E-state index is 12.8. The highest BCUT2D eigenvalue weighted by Gasteiger charge is 2.40. The Hall–Kier alpha value is -1.50. The first-order valence-corrected chi connectivity index (χ1v) is 9.15. The van der Waals surface area contributed by atoms with Crippen molar-refractivity contribution in [2.75, 3.05) is 24.3 Å². The minimum atomic E-state index is 0. The summed E-state index contributed by atoms with van der Waals surface area (Å²) in [5, 5.41) is 3.07. The highest BCUT2D eigenvalue weighted by atomic mass is 35.5. The highest BCUT2D eigenvalue weighted by Crippen LogP contribution is 2.42. The number of rotatable bonds is 3. The van der Waals surface area contributed by atoms with Crippen molar-refractivity contribution < 1.29 is 9.21 Å². The van der Waals surface area contributed by atoms with E-state index in [2.05, 4.69) is 10.3 Å². The number of oxazole rings is 1. The summed E-state index contributed by atoms with van der Waals surface area (Å²) in [5.41, 5.74) is 8.58. The minimum Gasteiger partial charge on any atom is -0.423 e. The number of nitrogens with two attached hydrogens (primary N) is 1. The molecule has 1 amide bonds. The Balaban J connectivity index is 0.00000131. The van der Waals surface area contributed by atoms with Gasteiger partial charge in [-0.15, -0.1) is 24.8 Å². The van der Waals surface area contributed by atoms with Crippen molar-refractivity contribution in [2.24, 2.45) is 23.5 Å². The van der Waals surface area contributed by atoms with Crippen LogP contribution in [0.5, 0.6) is 0 Å². The quantitative estimate of drug-likeness (QED) is 0.796. The zero-order valence-corrected chi connectivity index (χ0v) is 17.3. The minimum absolute atomic E-state index is 0. The number of nitrogens with one attached hydrogen (secondary N) is 1. The number of fused-ring (bicyclic) bond motifs is 3. The summed E-state index contributed by atoms with van der Waals surface area (Å²) in [6.45, 7) is 0. The predicted octanol–water partition coefficient (Wildman–Crippen LogP) is 3.83. The van der Waals surface area contributed by atoms with Crippen LogP contribution in [0, 0.1) is 17.8 Å². The van der Waals surface area contributed by atoms with Gasteiger partial charge in [0, 0.05) is 31.7 Å². The molecule has 2 atom stereocenters. The van der Waals surface area contributed by atoms with Crippen molar-refractivity contribution in [3.63, 3.8) is 0 Å². The molecule has 2 saturated carbocycles. The third-order valence-electron chi connectivity index (χ3n) is 5.81. The van der Waals surface area contributed by atoms with Gasteiger partial charge >= 0.3 is 0 Å². The molecule has 1 aromatic carbocycles. The summed E-state index contributed by atoms with van der Waals surface area (Å²) in [4.78, 5) is 19.0. The fourth-order valence-electron chi connectivity index (χ4n) is 4.43. The molecule has 2 fully saturated rings. The molecular formula is C19H28Cl2N4O2. The zero-order valence-electron chi connectivity index (χ0n) is 15.7. The van der Waals surface area contributed by atoms with E-state index in [1.54, 1.807) is 0 Å². The Morgan fingerprint density at radius 3 is 2.52 bits per heavy atom. The van der Waals surface area contributed by atoms with E-state index in [9.17, 15) is 4.79 Å². The van der Waals surface area contributed by atoms with Crippen molar-refractivity contribution in [3.05, 3.63) is 18.2 Å². The molecule has 0 radical (unpaired) electrons. The number of halogens is 2. The lowest BCUT2D eigenvalue weighted by Crippen LogP contribution is -2.48. The Bertz CT molecular complexity index is 781. The monoisotopic (exact) mass is 414 g/mol. The lowest BCUT2D eigenvalue weighted by molar-refractivity contribution is -0.122. The van der Waals surface area contributed by atoms with Crippen LogP contribution in [-0.4, -0.2) is 31.0 Å². The second-order valence-corrected chi connectivity index (χ2v) is 7.76. The summed E-state index contributed by atoms with van der Waals surface area (Å²) < 4.78 is 5.66. The first kappa shape index (κ1) is 21.8. The van der Waals surface area contributed by atoms with Gasteiger partial charge in [0.05, 0.1) is 0 Å². The number of hydrogen-bond donors (Lipinski definition) is 2. The lowest BCUT2D eigenvalue weighted by atomic mass is 9.65. The third kappa shape index (κ3) is 4.33. The van der Waals surface area contributed by atoms with Crippen LogP contribution in [0.3, 0.4) is 0 Å². The molecule has 1 heterocycles. The molecule has 6 nitrogen and oxygen atoms in total. The van der Waals surface area contributed by atoms with Gasteiger partial charge in [0.1, 0.15) is 5.52 Å². The van der Waals surface area contributed by atoms with E-state index in [-0.39, 0.29) is 42.7 Å². The summed E-state index contributed by atoms with van der Waals surface area (Å²) in [7, 11) is 3.77. The van der Waals surface area contributed by atoms with Crippen molar-refractivity contribution in [1.29, 1.82) is 0 Å². The van der Waals surface area contributed by atoms with Gasteiger partial charge < -0.3 is 20.4 Å². The van der Waals surface area contributed by atoms with Crippen LogP contribution in [0.2, 0.25) is 0 Å². The number of amides is 1. The van der Waals surface area contributed by atoms with Crippen LogP contribution in [0.25, 0.3) is 11.1 Å². The molecule has 1 aromatic heterocycles. The van der Waals surface area contributed by atoms with Gasteiger partial charge in [-0.25, -0.2) is 0 Å². The fraction of sp³-hybridized carbons (Fsp3) is 0.579. The van der Waals surface area contributed by atoms with E-state index in [0.29, 0.717) is 17.9 Å². The van der Waals surface area contributed by atoms with Gasteiger partial charge in [-0.3, -0.25) is 4.79 Å². The molecule has 2 aliphatic carbocycles. The molecule has 0 saturated heterocycles. The number of hydrogen-bond acceptors (Lipinski definition) is 5. The number of nitrogens with zero attached hydrogens (tertiary/aromatic N) is 2. The van der Waals surface area contributed by atoms with E-state index >= 15 is 0 Å². The highest BCUT2D eigenvalue weighted by molar-refractivity contribution is 5.94. The molecular weight excluding hydrogens is 387 g/mol. The zero-order chi connectivity index (χ0) is 17.6. The van der Waals surface area contributed by atoms with Gasteiger partial charge in [-0.1, -0.05) is 6.42 Å². The van der Waals surface area contributed by atoms with E-state index in [4.69, 9.17) is 10.2 Å². The number of benzene rings is 1. The van der Waals surface area contributed by atoms with Gasteiger partial charge in [0.25, 0.3) is 6.01 Å². The van der Waals surface area contributed by atoms with E-state index in [1.165, 1.54) is 19.3 Å². The second-order valence-electron chi connectivity index (χ2n) is 7.76. The molecule has 0 spiro atoms. The van der Waals surface area contributed by atoms with Crippen LogP contribution < -0.4 is 16.0 Å². The average Bonchev–Trinajstić information content (AvgIpc) is 2.98. The molecule has 3 N–H and O–H groups in total. The Morgan fingerprint density at radius 1 is 1.22 bits per heavy atom. The molecule has 2 aromatic rings. The molecule has 2 unspecified atom stereocenters. The Kier molecular flexibility index (Phi) is 7.00. The molecule has 4 rings (SSSR count). The Morgan fingerprint density at radius 2 is 1.89 bits per heavy atom. The molecule has 150 valence electrons. The average molecular weight is 415 g/mol. The summed E-state index contributed by atoms with van der Waals surface area (Å²) in [6.07, 6.45) is 5.43. The van der Waals surface area contributed by atoms with Crippen molar-refractivity contribution >= 4 is 53.5 Å². The SMILES string of the molecule is CN(C)c1nc2cc(NC(=O)C3CC4CCCC(C3)C4N)ccc2o1.Cl.Cl. The van der Waals surface area contributed by atoms with Crippen LogP contribution >= 0.6 is 24.8 Å². The smallest absolute Gasteiger partial charge is 0.297 e. The van der Waals surface area contributed by atoms with Gasteiger partial charge in [-0.05, 0) is 55.7 Å². The van der Waals surface area contributed by atoms with Crippen LogP contribution in [0.4, 0.5) is 11.7 Å². The van der Waals surface area contributed by atoms with Crippen LogP contribution in [-0.2, 0) is 4.79 Å². The lowest BCUT2D eigenvalue weighted by Gasteiger charge is -2.43. The van der Waals surface area contributed by atoms with E-state index in [0.717, 1.165) is 29.6 Å². The second kappa shape index (κ2) is 8.67. The first-order chi connectivity index (χ1) is 12.0.